The monoisotopic (exact) mass is 306 g/mol. The smallest absolute Gasteiger partial charge is 0.00385 e. The van der Waals surface area contributed by atoms with E-state index in [0.717, 1.165) is 17.3 Å². The van der Waals surface area contributed by atoms with Crippen LogP contribution in [0.15, 0.2) is 0 Å². The van der Waals surface area contributed by atoms with Crippen LogP contribution in [0.3, 0.4) is 0 Å². The summed E-state index contributed by atoms with van der Waals surface area (Å²) in [7, 11) is 4.38. The summed E-state index contributed by atoms with van der Waals surface area (Å²) in [5.41, 5.74) is 0.725. The van der Waals surface area contributed by atoms with E-state index in [2.05, 4.69) is 23.9 Å². The third-order valence-electron chi connectivity index (χ3n) is 7.00. The lowest BCUT2D eigenvalue weighted by molar-refractivity contribution is 0.105. The molecule has 2 aliphatic carbocycles. The molecule has 3 aliphatic rings. The molecule has 1 saturated heterocycles. The Morgan fingerprint density at radius 2 is 1.59 bits per heavy atom. The topological polar surface area (TPSA) is 6.48 Å². The highest BCUT2D eigenvalue weighted by Crippen LogP contribution is 2.49. The van der Waals surface area contributed by atoms with Gasteiger partial charge in [0.2, 0.25) is 0 Å². The van der Waals surface area contributed by atoms with Crippen LogP contribution in [0.2, 0.25) is 0 Å². The second kappa shape index (κ2) is 7.66. The van der Waals surface area contributed by atoms with Gasteiger partial charge in [0, 0.05) is 6.54 Å². The van der Waals surface area contributed by atoms with Crippen LogP contribution in [0.4, 0.5) is 0 Å². The molecule has 0 aromatic rings. The minimum Gasteiger partial charge on any atom is -0.309 e. The predicted molar refractivity (Wildman–Crippen MR) is 95.2 cm³/mol. The highest BCUT2D eigenvalue weighted by Gasteiger charge is 2.41. The summed E-state index contributed by atoms with van der Waals surface area (Å²) in [6, 6.07) is 0. The summed E-state index contributed by atoms with van der Waals surface area (Å²) in [4.78, 5) is 5.09. The van der Waals surface area contributed by atoms with Gasteiger partial charge >= 0.3 is 0 Å². The van der Waals surface area contributed by atoms with Crippen molar-refractivity contribution in [1.29, 1.82) is 0 Å². The number of hydrogen-bond donors (Lipinski definition) is 0. The first-order valence-corrected chi connectivity index (χ1v) is 10.0. The molecule has 2 saturated carbocycles. The van der Waals surface area contributed by atoms with E-state index in [1.165, 1.54) is 58.3 Å². The average Bonchev–Trinajstić information content (AvgIpc) is 2.91. The minimum absolute atomic E-state index is 0.725. The number of likely N-dealkylation sites (tertiary alicyclic amines) is 1. The Balaban J connectivity index is 1.41. The summed E-state index contributed by atoms with van der Waals surface area (Å²) < 4.78 is 0. The van der Waals surface area contributed by atoms with Crippen molar-refractivity contribution in [3.05, 3.63) is 0 Å². The summed E-state index contributed by atoms with van der Waals surface area (Å²) in [6.45, 7) is 5.36. The molecule has 128 valence electrons. The van der Waals surface area contributed by atoms with Gasteiger partial charge in [0.25, 0.3) is 0 Å². The van der Waals surface area contributed by atoms with Crippen molar-refractivity contribution in [3.63, 3.8) is 0 Å². The zero-order valence-corrected chi connectivity index (χ0v) is 15.2. The molecule has 0 unspecified atom stereocenters. The second-order valence-electron chi connectivity index (χ2n) is 8.92. The molecule has 2 heteroatoms. The van der Waals surface area contributed by atoms with Crippen molar-refractivity contribution in [3.8, 4) is 0 Å². The molecule has 2 nitrogen and oxygen atoms in total. The van der Waals surface area contributed by atoms with E-state index in [0.29, 0.717) is 0 Å². The lowest BCUT2D eigenvalue weighted by Gasteiger charge is -2.41. The Bertz CT molecular complexity index is 325. The predicted octanol–water partition coefficient (Wildman–Crippen LogP) is 4.40. The molecule has 1 spiro atoms. The van der Waals surface area contributed by atoms with Crippen LogP contribution in [-0.4, -0.2) is 50.1 Å². The van der Waals surface area contributed by atoms with Gasteiger partial charge in [0.15, 0.2) is 0 Å². The minimum atomic E-state index is 0.725. The van der Waals surface area contributed by atoms with Crippen LogP contribution in [-0.2, 0) is 0 Å². The standard InChI is InChI=1S/C20H38N2/c1-21(2)14-6-15-22-16-13-20(17-22)11-9-19(10-12-20)18-7-4-3-5-8-18/h18-19H,3-17H2,1-2H3. The maximum Gasteiger partial charge on any atom is 0.00385 e. The fraction of sp³-hybridized carbons (Fsp3) is 1.00. The SMILES string of the molecule is CN(C)CCCN1CCC2(CCC(C3CCCCC3)CC2)C1. The molecule has 0 N–H and O–H groups in total. The molecule has 3 rings (SSSR count). The molecule has 22 heavy (non-hydrogen) atoms. The maximum absolute atomic E-state index is 2.77. The zero-order chi connectivity index (χ0) is 15.4. The number of rotatable bonds is 5. The highest BCUT2D eigenvalue weighted by atomic mass is 15.2. The molecule has 0 atom stereocenters. The van der Waals surface area contributed by atoms with Crippen molar-refractivity contribution in [2.24, 2.45) is 17.3 Å². The van der Waals surface area contributed by atoms with Gasteiger partial charge in [0.05, 0.1) is 0 Å². The van der Waals surface area contributed by atoms with E-state index in [-0.39, 0.29) is 0 Å². The molecule has 3 fully saturated rings. The van der Waals surface area contributed by atoms with Crippen LogP contribution in [0.25, 0.3) is 0 Å². The zero-order valence-electron chi connectivity index (χ0n) is 15.2. The van der Waals surface area contributed by atoms with Crippen LogP contribution in [0.1, 0.15) is 70.6 Å². The largest absolute Gasteiger partial charge is 0.309 e. The van der Waals surface area contributed by atoms with Gasteiger partial charge in [-0.15, -0.1) is 0 Å². The quantitative estimate of drug-likeness (QED) is 0.743. The van der Waals surface area contributed by atoms with E-state index in [9.17, 15) is 0 Å². The summed E-state index contributed by atoms with van der Waals surface area (Å²) >= 11 is 0. The molecule has 1 aliphatic heterocycles. The third kappa shape index (κ3) is 4.26. The van der Waals surface area contributed by atoms with E-state index >= 15 is 0 Å². The number of nitrogens with zero attached hydrogens (tertiary/aromatic N) is 2. The van der Waals surface area contributed by atoms with Crippen LogP contribution in [0.5, 0.6) is 0 Å². The van der Waals surface area contributed by atoms with Crippen LogP contribution in [0, 0.1) is 17.3 Å². The Labute approximate surface area is 138 Å². The average molecular weight is 307 g/mol. The first kappa shape index (κ1) is 16.8. The first-order valence-electron chi connectivity index (χ1n) is 10.0. The van der Waals surface area contributed by atoms with Crippen molar-refractivity contribution in [1.82, 2.24) is 9.80 Å². The van der Waals surface area contributed by atoms with Crippen molar-refractivity contribution >= 4 is 0 Å². The van der Waals surface area contributed by atoms with E-state index in [1.54, 1.807) is 38.5 Å². The van der Waals surface area contributed by atoms with Gasteiger partial charge in [0.1, 0.15) is 0 Å². The van der Waals surface area contributed by atoms with Gasteiger partial charge in [-0.05, 0) is 89.5 Å². The summed E-state index contributed by atoms with van der Waals surface area (Å²) in [5, 5.41) is 0. The van der Waals surface area contributed by atoms with Gasteiger partial charge in [-0.25, -0.2) is 0 Å². The molecule has 0 aromatic carbocycles. The molecular weight excluding hydrogens is 268 g/mol. The van der Waals surface area contributed by atoms with E-state index in [4.69, 9.17) is 0 Å². The Morgan fingerprint density at radius 1 is 0.909 bits per heavy atom. The first-order chi connectivity index (χ1) is 10.7. The van der Waals surface area contributed by atoms with Crippen molar-refractivity contribution < 1.29 is 0 Å². The fourth-order valence-electron chi connectivity index (χ4n) is 5.57. The van der Waals surface area contributed by atoms with E-state index in [1.807, 2.05) is 0 Å². The maximum atomic E-state index is 2.77. The van der Waals surface area contributed by atoms with Gasteiger partial charge in [-0.2, -0.15) is 0 Å². The second-order valence-corrected chi connectivity index (χ2v) is 8.92. The van der Waals surface area contributed by atoms with Gasteiger partial charge < -0.3 is 9.80 Å². The Hall–Kier alpha value is -0.0800. The van der Waals surface area contributed by atoms with Crippen molar-refractivity contribution in [2.75, 3.05) is 40.3 Å². The van der Waals surface area contributed by atoms with Crippen LogP contribution < -0.4 is 0 Å². The van der Waals surface area contributed by atoms with Gasteiger partial charge in [-0.1, -0.05) is 32.1 Å². The normalized spacial score (nSPS) is 34.8. The highest BCUT2D eigenvalue weighted by molar-refractivity contribution is 4.94. The molecule has 0 aromatic heterocycles. The Morgan fingerprint density at radius 3 is 2.27 bits per heavy atom. The lowest BCUT2D eigenvalue weighted by Crippen LogP contribution is -2.34. The lowest BCUT2D eigenvalue weighted by atomic mass is 9.65. The molecule has 0 amide bonds. The fourth-order valence-corrected chi connectivity index (χ4v) is 5.57. The molecule has 0 radical (unpaired) electrons. The molecule has 0 bridgehead atoms. The molecule has 1 heterocycles. The summed E-state index contributed by atoms with van der Waals surface area (Å²) in [5.74, 6) is 2.19. The number of hydrogen-bond acceptors (Lipinski definition) is 2. The molecular formula is C20H38N2. The van der Waals surface area contributed by atoms with Crippen LogP contribution >= 0.6 is 0 Å². The van der Waals surface area contributed by atoms with E-state index < -0.39 is 0 Å². The summed E-state index contributed by atoms with van der Waals surface area (Å²) in [6.07, 6.45) is 16.7. The Kier molecular flexibility index (Phi) is 5.84. The van der Waals surface area contributed by atoms with Crippen molar-refractivity contribution in [2.45, 2.75) is 70.6 Å². The van der Waals surface area contributed by atoms with Gasteiger partial charge in [-0.3, -0.25) is 0 Å². The third-order valence-corrected chi connectivity index (χ3v) is 7.00.